The summed E-state index contributed by atoms with van der Waals surface area (Å²) in [6, 6.07) is 5.66. The summed E-state index contributed by atoms with van der Waals surface area (Å²) in [6.45, 7) is 6.29. The Hall–Kier alpha value is -1.92. The fourth-order valence-corrected chi connectivity index (χ4v) is 2.96. The maximum atomic E-state index is 12.2. The molecule has 0 atom stereocenters. The highest BCUT2D eigenvalue weighted by Crippen LogP contribution is 2.13. The number of likely N-dealkylation sites (N-methyl/N-ethyl adjacent to an activating group) is 1. The van der Waals surface area contributed by atoms with E-state index in [-0.39, 0.29) is 5.91 Å². The molecule has 0 radical (unpaired) electrons. The van der Waals surface area contributed by atoms with Crippen molar-refractivity contribution in [2.45, 2.75) is 6.42 Å². The average molecular weight is 315 g/mol. The van der Waals surface area contributed by atoms with Crippen LogP contribution >= 0.6 is 0 Å². The summed E-state index contributed by atoms with van der Waals surface area (Å²) in [6.07, 6.45) is 2.75. The molecule has 1 aromatic heterocycles. The first-order chi connectivity index (χ1) is 11.1. The van der Waals surface area contributed by atoms with Crippen LogP contribution in [0.1, 0.15) is 16.8 Å². The second kappa shape index (κ2) is 7.10. The first kappa shape index (κ1) is 16.0. The number of hydrogen-bond acceptors (Lipinski definition) is 4. The Bertz CT molecular complexity index is 673. The van der Waals surface area contributed by atoms with Gasteiger partial charge in [0, 0.05) is 45.3 Å². The van der Waals surface area contributed by atoms with Gasteiger partial charge in [0.25, 0.3) is 5.91 Å². The topological polar surface area (TPSA) is 53.4 Å². The molecule has 2 aromatic rings. The van der Waals surface area contributed by atoms with Crippen molar-refractivity contribution in [3.63, 3.8) is 0 Å². The summed E-state index contributed by atoms with van der Waals surface area (Å²) < 4.78 is 1.95. The van der Waals surface area contributed by atoms with E-state index >= 15 is 0 Å². The summed E-state index contributed by atoms with van der Waals surface area (Å²) in [5.74, 6) is -0.0177. The van der Waals surface area contributed by atoms with Crippen LogP contribution in [0.3, 0.4) is 0 Å². The van der Waals surface area contributed by atoms with E-state index in [0.717, 1.165) is 50.2 Å². The number of imidazole rings is 1. The molecule has 6 heteroatoms. The van der Waals surface area contributed by atoms with Crippen LogP contribution in [0, 0.1) is 0 Å². The quantitative estimate of drug-likeness (QED) is 0.835. The van der Waals surface area contributed by atoms with Gasteiger partial charge in [-0.1, -0.05) is 0 Å². The van der Waals surface area contributed by atoms with Crippen molar-refractivity contribution in [1.29, 1.82) is 0 Å². The number of benzene rings is 1. The number of hydrogen-bond donors (Lipinski definition) is 1. The molecule has 1 aliphatic rings. The zero-order valence-corrected chi connectivity index (χ0v) is 14.0. The molecule has 2 heterocycles. The Kier molecular flexibility index (Phi) is 4.93. The number of nitrogens with zero attached hydrogens (tertiary/aromatic N) is 4. The van der Waals surface area contributed by atoms with E-state index in [1.807, 2.05) is 29.8 Å². The van der Waals surface area contributed by atoms with E-state index in [0.29, 0.717) is 12.1 Å². The normalized spacial score (nSPS) is 16.8. The molecule has 0 unspecified atom stereocenters. The van der Waals surface area contributed by atoms with Crippen molar-refractivity contribution >= 4 is 16.9 Å². The molecule has 23 heavy (non-hydrogen) atoms. The molecule has 1 saturated heterocycles. The van der Waals surface area contributed by atoms with Crippen LogP contribution in [0.5, 0.6) is 0 Å². The number of rotatable bonds is 5. The molecule has 124 valence electrons. The van der Waals surface area contributed by atoms with E-state index in [9.17, 15) is 4.79 Å². The maximum Gasteiger partial charge on any atom is 0.251 e. The van der Waals surface area contributed by atoms with E-state index in [4.69, 9.17) is 0 Å². The molecule has 1 fully saturated rings. The van der Waals surface area contributed by atoms with Crippen molar-refractivity contribution in [2.24, 2.45) is 7.05 Å². The van der Waals surface area contributed by atoms with Gasteiger partial charge in [-0.2, -0.15) is 0 Å². The molecule has 3 rings (SSSR count). The minimum atomic E-state index is -0.0177. The van der Waals surface area contributed by atoms with E-state index in [1.165, 1.54) is 0 Å². The summed E-state index contributed by atoms with van der Waals surface area (Å²) in [7, 11) is 4.11. The predicted octanol–water partition coefficient (Wildman–Crippen LogP) is 0.941. The van der Waals surface area contributed by atoms with Crippen molar-refractivity contribution in [1.82, 2.24) is 24.7 Å². The second-order valence-corrected chi connectivity index (χ2v) is 6.31. The highest BCUT2D eigenvalue weighted by Gasteiger charge is 2.13. The first-order valence-electron chi connectivity index (χ1n) is 8.23. The Morgan fingerprint density at radius 2 is 2.00 bits per heavy atom. The number of carbonyl (C=O) groups is 1. The number of piperazine rings is 1. The number of carbonyl (C=O) groups excluding carboxylic acids is 1. The van der Waals surface area contributed by atoms with Gasteiger partial charge in [-0.15, -0.1) is 0 Å². The number of amides is 1. The predicted molar refractivity (Wildman–Crippen MR) is 91.6 cm³/mol. The lowest BCUT2D eigenvalue weighted by Crippen LogP contribution is -2.45. The van der Waals surface area contributed by atoms with Gasteiger partial charge in [-0.25, -0.2) is 4.98 Å². The van der Waals surface area contributed by atoms with Gasteiger partial charge < -0.3 is 19.7 Å². The molecule has 1 aliphatic heterocycles. The van der Waals surface area contributed by atoms with Crippen molar-refractivity contribution in [2.75, 3.05) is 46.3 Å². The first-order valence-corrected chi connectivity index (χ1v) is 8.23. The average Bonchev–Trinajstić information content (AvgIpc) is 2.94. The van der Waals surface area contributed by atoms with Crippen LogP contribution in [-0.2, 0) is 7.05 Å². The van der Waals surface area contributed by atoms with Gasteiger partial charge in [0.2, 0.25) is 0 Å². The zero-order valence-electron chi connectivity index (χ0n) is 14.0. The van der Waals surface area contributed by atoms with Gasteiger partial charge in [0.15, 0.2) is 0 Å². The minimum Gasteiger partial charge on any atom is -0.352 e. The standard InChI is InChI=1S/C17H25N5O/c1-20-8-10-22(11-9-20)7-3-6-18-17(23)14-4-5-16-15(12-14)19-13-21(16)2/h4-5,12-13H,3,6-11H2,1-2H3,(H,18,23). The smallest absolute Gasteiger partial charge is 0.251 e. The van der Waals surface area contributed by atoms with Crippen LogP contribution in [0.4, 0.5) is 0 Å². The van der Waals surface area contributed by atoms with Crippen LogP contribution in [0.2, 0.25) is 0 Å². The van der Waals surface area contributed by atoms with Crippen molar-refractivity contribution in [3.05, 3.63) is 30.1 Å². The van der Waals surface area contributed by atoms with Crippen LogP contribution in [-0.4, -0.2) is 71.6 Å². The number of aryl methyl sites for hydroxylation is 1. The molecule has 0 spiro atoms. The summed E-state index contributed by atoms with van der Waals surface area (Å²) >= 11 is 0. The van der Waals surface area contributed by atoms with E-state index < -0.39 is 0 Å². The molecule has 1 aromatic carbocycles. The number of aromatic nitrogens is 2. The SMILES string of the molecule is CN1CCN(CCCNC(=O)c2ccc3c(c2)ncn3C)CC1. The lowest BCUT2D eigenvalue weighted by molar-refractivity contribution is 0.0949. The lowest BCUT2D eigenvalue weighted by atomic mass is 10.2. The summed E-state index contributed by atoms with van der Waals surface area (Å²) in [5.41, 5.74) is 2.57. The molecule has 0 bridgehead atoms. The van der Waals surface area contributed by atoms with Crippen LogP contribution in [0.15, 0.2) is 24.5 Å². The van der Waals surface area contributed by atoms with Crippen molar-refractivity contribution in [3.8, 4) is 0 Å². The van der Waals surface area contributed by atoms with Crippen LogP contribution in [0.25, 0.3) is 11.0 Å². The molecule has 0 aliphatic carbocycles. The Morgan fingerprint density at radius 3 is 2.78 bits per heavy atom. The second-order valence-electron chi connectivity index (χ2n) is 6.31. The minimum absolute atomic E-state index is 0.0177. The van der Waals surface area contributed by atoms with E-state index in [2.05, 4.69) is 27.1 Å². The molecule has 0 saturated carbocycles. The third-order valence-electron chi connectivity index (χ3n) is 4.52. The maximum absolute atomic E-state index is 12.2. The fourth-order valence-electron chi connectivity index (χ4n) is 2.96. The van der Waals surface area contributed by atoms with Gasteiger partial charge in [-0.05, 0) is 38.2 Å². The third-order valence-corrected chi connectivity index (χ3v) is 4.52. The lowest BCUT2D eigenvalue weighted by Gasteiger charge is -2.32. The van der Waals surface area contributed by atoms with Crippen molar-refractivity contribution < 1.29 is 4.79 Å². The summed E-state index contributed by atoms with van der Waals surface area (Å²) in [5, 5.41) is 3.01. The van der Waals surface area contributed by atoms with Gasteiger partial charge in [-0.3, -0.25) is 4.79 Å². The molecular weight excluding hydrogens is 290 g/mol. The highest BCUT2D eigenvalue weighted by molar-refractivity contribution is 5.97. The van der Waals surface area contributed by atoms with E-state index in [1.54, 1.807) is 6.33 Å². The van der Waals surface area contributed by atoms with Gasteiger partial charge in [0.1, 0.15) is 0 Å². The number of fused-ring (bicyclic) bond motifs is 1. The highest BCUT2D eigenvalue weighted by atomic mass is 16.1. The summed E-state index contributed by atoms with van der Waals surface area (Å²) in [4.78, 5) is 21.3. The van der Waals surface area contributed by atoms with Gasteiger partial charge >= 0.3 is 0 Å². The molecule has 1 amide bonds. The third kappa shape index (κ3) is 3.89. The fraction of sp³-hybridized carbons (Fsp3) is 0.529. The molecule has 6 nitrogen and oxygen atoms in total. The largest absolute Gasteiger partial charge is 0.352 e. The molecule has 1 N–H and O–H groups in total. The van der Waals surface area contributed by atoms with Crippen LogP contribution < -0.4 is 5.32 Å². The zero-order chi connectivity index (χ0) is 16.2. The number of nitrogens with one attached hydrogen (secondary N) is 1. The Labute approximate surface area is 137 Å². The van der Waals surface area contributed by atoms with Gasteiger partial charge in [0.05, 0.1) is 17.4 Å². The molecular formula is C17H25N5O. The monoisotopic (exact) mass is 315 g/mol. The Morgan fingerprint density at radius 1 is 1.22 bits per heavy atom. The Balaban J connectivity index is 1.45.